The van der Waals surface area contributed by atoms with Crippen molar-refractivity contribution in [1.82, 2.24) is 20.2 Å². The summed E-state index contributed by atoms with van der Waals surface area (Å²) >= 11 is 0. The van der Waals surface area contributed by atoms with Crippen LogP contribution >= 0.6 is 0 Å². The van der Waals surface area contributed by atoms with Crippen molar-refractivity contribution in [3.8, 4) is 5.75 Å². The molecule has 0 radical (unpaired) electrons. The number of para-hydroxylation sites is 1. The first-order valence-corrected chi connectivity index (χ1v) is 12.2. The number of anilines is 1. The molecule has 0 fully saturated rings. The number of fused-ring (bicyclic) bond motifs is 3. The maximum atomic E-state index is 13.1. The van der Waals surface area contributed by atoms with Gasteiger partial charge in [0.15, 0.2) is 5.82 Å². The molecular weight excluding hydrogens is 442 g/mol. The molecule has 1 aliphatic rings. The second-order valence-electron chi connectivity index (χ2n) is 8.74. The molecule has 0 aliphatic carbocycles. The second-order valence-corrected chi connectivity index (χ2v) is 8.74. The zero-order valence-corrected chi connectivity index (χ0v) is 19.9. The fourth-order valence-electron chi connectivity index (χ4n) is 4.12. The molecule has 1 amide bonds. The molecule has 184 valence electrons. The van der Waals surface area contributed by atoms with Crippen LogP contribution in [0.5, 0.6) is 5.75 Å². The Hall–Kier alpha value is -3.65. The van der Waals surface area contributed by atoms with E-state index in [0.29, 0.717) is 19.7 Å². The van der Waals surface area contributed by atoms with Crippen LogP contribution in [-0.4, -0.2) is 41.2 Å². The average molecular weight is 476 g/mol. The lowest BCUT2D eigenvalue weighted by Crippen LogP contribution is -2.39. The first-order valence-electron chi connectivity index (χ1n) is 12.2. The minimum Gasteiger partial charge on any atom is -0.493 e. The largest absolute Gasteiger partial charge is 0.493 e. The van der Waals surface area contributed by atoms with E-state index >= 15 is 0 Å². The Labute approximate surface area is 205 Å². The molecule has 1 atom stereocenters. The summed E-state index contributed by atoms with van der Waals surface area (Å²) in [5.74, 6) is 0.777. The molecule has 0 saturated carbocycles. The Kier molecular flexibility index (Phi) is 8.89. The van der Waals surface area contributed by atoms with E-state index < -0.39 is 0 Å². The van der Waals surface area contributed by atoms with E-state index in [1.807, 2.05) is 42.5 Å². The molecule has 3 N–H and O–H groups in total. The summed E-state index contributed by atoms with van der Waals surface area (Å²) in [6.07, 6.45) is 6.88. The van der Waals surface area contributed by atoms with Crippen LogP contribution in [0.15, 0.2) is 71.8 Å². The molecule has 4 rings (SSSR count). The molecule has 8 nitrogen and oxygen atoms in total. The van der Waals surface area contributed by atoms with Crippen LogP contribution in [0.4, 0.5) is 5.82 Å². The maximum absolute atomic E-state index is 13.1. The normalized spacial score (nSPS) is 17.9. The van der Waals surface area contributed by atoms with Crippen LogP contribution in [0.1, 0.15) is 30.4 Å². The minimum atomic E-state index is -0.317. The Morgan fingerprint density at radius 2 is 1.83 bits per heavy atom. The molecule has 2 bridgehead atoms. The summed E-state index contributed by atoms with van der Waals surface area (Å²) < 4.78 is 7.36. The van der Waals surface area contributed by atoms with Gasteiger partial charge in [-0.15, -0.1) is 0 Å². The number of benzene rings is 2. The van der Waals surface area contributed by atoms with Crippen molar-refractivity contribution in [2.75, 3.05) is 25.0 Å². The molecule has 35 heavy (non-hydrogen) atoms. The fraction of sp³-hybridized carbons (Fsp3) is 0.370. The first-order chi connectivity index (χ1) is 17.2. The van der Waals surface area contributed by atoms with Gasteiger partial charge in [0.2, 0.25) is 5.91 Å². The lowest BCUT2D eigenvalue weighted by molar-refractivity contribution is -0.121. The predicted molar refractivity (Wildman–Crippen MR) is 137 cm³/mol. The van der Waals surface area contributed by atoms with Crippen molar-refractivity contribution in [2.24, 2.45) is 0 Å². The predicted octanol–water partition coefficient (Wildman–Crippen LogP) is 2.74. The van der Waals surface area contributed by atoms with Crippen molar-refractivity contribution >= 4 is 11.7 Å². The van der Waals surface area contributed by atoms with E-state index in [0.717, 1.165) is 43.5 Å². The van der Waals surface area contributed by atoms with E-state index in [9.17, 15) is 9.59 Å². The van der Waals surface area contributed by atoms with E-state index in [4.69, 9.17) is 4.74 Å². The monoisotopic (exact) mass is 475 g/mol. The third-order valence-electron chi connectivity index (χ3n) is 5.99. The quantitative estimate of drug-likeness (QED) is 0.527. The van der Waals surface area contributed by atoms with E-state index in [1.54, 1.807) is 6.20 Å². The topological polar surface area (TPSA) is 97.3 Å². The number of hydrogen-bond donors (Lipinski definition) is 3. The van der Waals surface area contributed by atoms with Crippen molar-refractivity contribution in [3.05, 3.63) is 88.5 Å². The summed E-state index contributed by atoms with van der Waals surface area (Å²) in [6, 6.07) is 17.9. The Balaban J connectivity index is 1.51. The number of ether oxygens (including phenoxy) is 1. The number of aromatic nitrogens is 2. The Morgan fingerprint density at radius 1 is 1.00 bits per heavy atom. The molecule has 0 spiro atoms. The van der Waals surface area contributed by atoms with Gasteiger partial charge >= 0.3 is 0 Å². The smallest absolute Gasteiger partial charge is 0.293 e. The average Bonchev–Trinajstić information content (AvgIpc) is 2.87. The molecule has 8 heteroatoms. The zero-order valence-electron chi connectivity index (χ0n) is 19.9. The summed E-state index contributed by atoms with van der Waals surface area (Å²) in [5.41, 5.74) is 1.77. The van der Waals surface area contributed by atoms with Gasteiger partial charge in [-0.05, 0) is 43.9 Å². The number of rotatable bonds is 2. The lowest BCUT2D eigenvalue weighted by atomic mass is 10.1. The molecule has 1 aromatic heterocycles. The summed E-state index contributed by atoms with van der Waals surface area (Å²) in [6.45, 7) is 2.46. The lowest BCUT2D eigenvalue weighted by Gasteiger charge is -2.20. The van der Waals surface area contributed by atoms with Gasteiger partial charge in [0.1, 0.15) is 12.3 Å². The molecule has 0 saturated heterocycles. The van der Waals surface area contributed by atoms with Gasteiger partial charge in [-0.2, -0.15) is 0 Å². The zero-order chi connectivity index (χ0) is 24.3. The van der Waals surface area contributed by atoms with Gasteiger partial charge < -0.3 is 25.3 Å². The second kappa shape index (κ2) is 12.7. The third-order valence-corrected chi connectivity index (χ3v) is 5.99. The molecule has 2 heterocycles. The highest BCUT2D eigenvalue weighted by molar-refractivity contribution is 5.75. The molecule has 0 unspecified atom stereocenters. The van der Waals surface area contributed by atoms with E-state index in [1.165, 1.54) is 16.3 Å². The van der Waals surface area contributed by atoms with Crippen LogP contribution < -0.4 is 26.2 Å². The number of nitrogens with one attached hydrogen (secondary N) is 3. The fourth-order valence-corrected chi connectivity index (χ4v) is 4.12. The number of carbonyl (C=O) groups excluding carboxylic acids is 1. The number of hydrogen-bond acceptors (Lipinski definition) is 6. The summed E-state index contributed by atoms with van der Waals surface area (Å²) in [4.78, 5) is 30.0. The van der Waals surface area contributed by atoms with Gasteiger partial charge in [-0.3, -0.25) is 9.59 Å². The summed E-state index contributed by atoms with van der Waals surface area (Å²) in [7, 11) is 0. The summed E-state index contributed by atoms with van der Waals surface area (Å²) in [5, 5.41) is 9.74. The first kappa shape index (κ1) is 24.5. The van der Waals surface area contributed by atoms with Crippen molar-refractivity contribution < 1.29 is 9.53 Å². The SMILES string of the molecule is O=C1Cn2ccnc(c2=O)N[C@@H](Cc2ccccc2)CNCCCCCOc2ccccc2CN1. The highest BCUT2D eigenvalue weighted by Crippen LogP contribution is 2.18. The standard InChI is InChI=1S/C27H33N5O3/c33-25-20-32-15-14-29-26(27(32)34)31-23(17-21-9-3-1-4-10-21)19-28-13-7-2-8-16-35-24-12-6-5-11-22(24)18-30-25/h1,3-6,9-12,14-15,23,28H,2,7-8,13,16-20H2,(H,29,31)(H,30,33)/t23-/m0/s1. The van der Waals surface area contributed by atoms with Crippen LogP contribution in [0.3, 0.4) is 0 Å². The Bertz CT molecular complexity index is 1150. The van der Waals surface area contributed by atoms with Gasteiger partial charge in [-0.1, -0.05) is 48.5 Å². The Morgan fingerprint density at radius 3 is 2.71 bits per heavy atom. The van der Waals surface area contributed by atoms with Crippen LogP contribution in [0.25, 0.3) is 0 Å². The van der Waals surface area contributed by atoms with Crippen LogP contribution in [-0.2, 0) is 24.3 Å². The van der Waals surface area contributed by atoms with E-state index in [2.05, 4.69) is 33.1 Å². The van der Waals surface area contributed by atoms with Crippen molar-refractivity contribution in [2.45, 2.75) is 44.8 Å². The van der Waals surface area contributed by atoms with Gasteiger partial charge in [0.25, 0.3) is 5.56 Å². The van der Waals surface area contributed by atoms with Gasteiger partial charge in [0.05, 0.1) is 6.61 Å². The van der Waals surface area contributed by atoms with E-state index in [-0.39, 0.29) is 29.9 Å². The third kappa shape index (κ3) is 7.42. The molecule has 2 aromatic carbocycles. The minimum absolute atomic E-state index is 0.0257. The number of nitrogens with zero attached hydrogens (tertiary/aromatic N) is 2. The van der Waals surface area contributed by atoms with Gasteiger partial charge in [-0.25, -0.2) is 4.98 Å². The van der Waals surface area contributed by atoms with Crippen LogP contribution in [0.2, 0.25) is 0 Å². The van der Waals surface area contributed by atoms with Crippen LogP contribution in [0, 0.1) is 0 Å². The highest BCUT2D eigenvalue weighted by Gasteiger charge is 2.15. The molecule has 1 aliphatic heterocycles. The maximum Gasteiger partial charge on any atom is 0.293 e. The van der Waals surface area contributed by atoms with Gasteiger partial charge in [0, 0.05) is 37.1 Å². The molecular formula is C27H33N5O3. The highest BCUT2D eigenvalue weighted by atomic mass is 16.5. The van der Waals surface area contributed by atoms with Crippen molar-refractivity contribution in [1.29, 1.82) is 0 Å². The molecule has 3 aromatic rings. The number of carbonyl (C=O) groups is 1. The number of amides is 1. The van der Waals surface area contributed by atoms with Crippen molar-refractivity contribution in [3.63, 3.8) is 0 Å².